The van der Waals surface area contributed by atoms with Crippen molar-refractivity contribution in [3.8, 4) is 40.3 Å². The third kappa shape index (κ3) is 6.13. The fourth-order valence-electron chi connectivity index (χ4n) is 4.83. The molecule has 3 aromatic carbocycles. The Hall–Kier alpha value is -6.43. The van der Waals surface area contributed by atoms with E-state index in [0.29, 0.717) is 40.2 Å². The quantitative estimate of drug-likeness (QED) is 0.166. The number of fused-ring (bicyclic) bond motifs is 2. The Balaban J connectivity index is 0.000000194. The zero-order valence-corrected chi connectivity index (χ0v) is 25.2. The number of hydrogen-bond acceptors (Lipinski definition) is 9. The number of imidazole rings is 2. The van der Waals surface area contributed by atoms with Gasteiger partial charge in [-0.15, -0.1) is 0 Å². The van der Waals surface area contributed by atoms with Crippen LogP contribution in [0.2, 0.25) is 0 Å². The first-order valence-corrected chi connectivity index (χ1v) is 14.2. The van der Waals surface area contributed by atoms with Crippen LogP contribution in [0.15, 0.2) is 97.1 Å². The van der Waals surface area contributed by atoms with E-state index in [1.165, 1.54) is 21.3 Å². The summed E-state index contributed by atoms with van der Waals surface area (Å²) < 4.78 is 16.0. The fourth-order valence-corrected chi connectivity index (χ4v) is 4.83. The van der Waals surface area contributed by atoms with Crippen molar-refractivity contribution >= 4 is 39.6 Å². The van der Waals surface area contributed by atoms with Gasteiger partial charge in [-0.3, -0.25) is 4.79 Å². The maximum atomic E-state index is 12.9. The SMILES string of the molecule is COc1ccc(C(=O)Nc2cccc(-c3nc4ccccc4[nH]3)n2)c(OC)c1OC.Nc1cccc(-c2nc3ccccc3[nH]2)n1. The number of amides is 1. The average molecular weight is 615 g/mol. The molecule has 0 spiro atoms. The van der Waals surface area contributed by atoms with E-state index in [-0.39, 0.29) is 11.7 Å². The highest BCUT2D eigenvalue weighted by Gasteiger charge is 2.21. The van der Waals surface area contributed by atoms with Crippen molar-refractivity contribution in [2.45, 2.75) is 0 Å². The minimum atomic E-state index is -0.387. The van der Waals surface area contributed by atoms with Gasteiger partial charge in [0.1, 0.15) is 23.0 Å². The molecule has 5 N–H and O–H groups in total. The molecule has 230 valence electrons. The van der Waals surface area contributed by atoms with Gasteiger partial charge in [-0.2, -0.15) is 0 Å². The Bertz CT molecular complexity index is 2090. The van der Waals surface area contributed by atoms with Crippen LogP contribution < -0.4 is 25.3 Å². The lowest BCUT2D eigenvalue weighted by Gasteiger charge is -2.15. The molecule has 0 saturated heterocycles. The Kier molecular flexibility index (Phi) is 8.41. The maximum Gasteiger partial charge on any atom is 0.260 e. The van der Waals surface area contributed by atoms with Gasteiger partial charge in [-0.1, -0.05) is 36.4 Å². The molecule has 0 atom stereocenters. The molecule has 12 heteroatoms. The van der Waals surface area contributed by atoms with Gasteiger partial charge in [0.2, 0.25) is 5.75 Å². The smallest absolute Gasteiger partial charge is 0.260 e. The number of nitrogens with two attached hydrogens (primary N) is 1. The van der Waals surface area contributed by atoms with Gasteiger partial charge < -0.3 is 35.2 Å². The van der Waals surface area contributed by atoms with Crippen LogP contribution in [0.4, 0.5) is 11.6 Å². The molecule has 0 radical (unpaired) electrons. The molecule has 12 nitrogen and oxygen atoms in total. The van der Waals surface area contributed by atoms with Crippen molar-refractivity contribution < 1.29 is 19.0 Å². The number of aromatic amines is 2. The monoisotopic (exact) mass is 614 g/mol. The number of methoxy groups -OCH3 is 3. The summed E-state index contributed by atoms with van der Waals surface area (Å²) in [4.78, 5) is 37.1. The number of benzene rings is 3. The molecule has 46 heavy (non-hydrogen) atoms. The number of para-hydroxylation sites is 4. The molecule has 7 rings (SSSR count). The number of anilines is 2. The Morgan fingerprint density at radius 3 is 1.78 bits per heavy atom. The van der Waals surface area contributed by atoms with E-state index in [1.807, 2.05) is 66.7 Å². The zero-order chi connectivity index (χ0) is 32.0. The third-order valence-electron chi connectivity index (χ3n) is 6.97. The standard InChI is InChI=1S/C22H20N4O4.C12H10N4/c1-28-17-12-11-13(19(29-2)20(17)30-3)22(27)26-18-10-6-9-16(23-18)21-24-14-7-4-5-8-15(14)25-21;13-11-7-3-6-10(14-11)12-15-8-4-1-2-5-9(8)16-12/h4-12H,1-3H3,(H,24,25)(H,23,26,27);1-7H,(H2,13,14)(H,15,16). The average Bonchev–Trinajstić information content (AvgIpc) is 3.73. The number of ether oxygens (including phenoxy) is 3. The van der Waals surface area contributed by atoms with Crippen molar-refractivity contribution in [1.82, 2.24) is 29.9 Å². The summed E-state index contributed by atoms with van der Waals surface area (Å²) in [5, 5.41) is 2.80. The van der Waals surface area contributed by atoms with Gasteiger partial charge in [0, 0.05) is 0 Å². The van der Waals surface area contributed by atoms with Crippen molar-refractivity contribution in [2.75, 3.05) is 32.4 Å². The first-order chi connectivity index (χ1) is 22.5. The number of aromatic nitrogens is 6. The van der Waals surface area contributed by atoms with E-state index in [9.17, 15) is 4.79 Å². The van der Waals surface area contributed by atoms with E-state index in [4.69, 9.17) is 19.9 Å². The largest absolute Gasteiger partial charge is 0.493 e. The molecule has 4 heterocycles. The molecular formula is C34H30N8O4. The number of rotatable bonds is 7. The highest BCUT2D eigenvalue weighted by Crippen LogP contribution is 2.40. The van der Waals surface area contributed by atoms with Gasteiger partial charge in [-0.25, -0.2) is 19.9 Å². The first-order valence-electron chi connectivity index (χ1n) is 14.2. The fraction of sp³-hybridized carbons (Fsp3) is 0.0882. The summed E-state index contributed by atoms with van der Waals surface area (Å²) in [6, 6.07) is 29.7. The van der Waals surface area contributed by atoms with E-state index in [1.54, 1.807) is 30.3 Å². The van der Waals surface area contributed by atoms with E-state index < -0.39 is 0 Å². The second-order valence-electron chi connectivity index (χ2n) is 9.90. The van der Waals surface area contributed by atoms with Crippen LogP contribution >= 0.6 is 0 Å². The lowest BCUT2D eigenvalue weighted by molar-refractivity contribution is 0.102. The lowest BCUT2D eigenvalue weighted by Crippen LogP contribution is -2.15. The van der Waals surface area contributed by atoms with Crippen LogP contribution in [0.25, 0.3) is 45.1 Å². The van der Waals surface area contributed by atoms with Crippen molar-refractivity contribution in [3.63, 3.8) is 0 Å². The highest BCUT2D eigenvalue weighted by molar-refractivity contribution is 6.06. The van der Waals surface area contributed by atoms with E-state index in [0.717, 1.165) is 33.6 Å². The summed E-state index contributed by atoms with van der Waals surface area (Å²) in [6.07, 6.45) is 0. The minimum absolute atomic E-state index is 0.280. The maximum absolute atomic E-state index is 12.9. The summed E-state index contributed by atoms with van der Waals surface area (Å²) in [7, 11) is 4.47. The number of carbonyl (C=O) groups excluding carboxylic acids is 1. The summed E-state index contributed by atoms with van der Waals surface area (Å²) in [5.41, 5.74) is 11.0. The second-order valence-corrected chi connectivity index (χ2v) is 9.90. The molecular weight excluding hydrogens is 584 g/mol. The predicted octanol–water partition coefficient (Wildman–Crippen LogP) is 6.11. The summed E-state index contributed by atoms with van der Waals surface area (Å²) >= 11 is 0. The van der Waals surface area contributed by atoms with Crippen LogP contribution in [-0.4, -0.2) is 57.1 Å². The van der Waals surface area contributed by atoms with E-state index >= 15 is 0 Å². The number of nitrogen functional groups attached to an aromatic ring is 1. The second kappa shape index (κ2) is 13.1. The molecule has 0 fully saturated rings. The summed E-state index contributed by atoms with van der Waals surface area (Å²) in [6.45, 7) is 0. The summed E-state index contributed by atoms with van der Waals surface area (Å²) in [5.74, 6) is 2.95. The Morgan fingerprint density at radius 2 is 1.22 bits per heavy atom. The van der Waals surface area contributed by atoms with Crippen molar-refractivity contribution in [2.24, 2.45) is 0 Å². The van der Waals surface area contributed by atoms with Crippen LogP contribution in [0, 0.1) is 0 Å². The number of nitrogens with one attached hydrogen (secondary N) is 3. The zero-order valence-electron chi connectivity index (χ0n) is 25.2. The van der Waals surface area contributed by atoms with Gasteiger partial charge in [0.15, 0.2) is 23.1 Å². The number of hydrogen-bond donors (Lipinski definition) is 4. The number of carbonyl (C=O) groups is 1. The normalized spacial score (nSPS) is 10.7. The van der Waals surface area contributed by atoms with Crippen molar-refractivity contribution in [1.29, 1.82) is 0 Å². The molecule has 0 unspecified atom stereocenters. The van der Waals surface area contributed by atoms with Gasteiger partial charge in [-0.05, 0) is 60.7 Å². The Labute approximate surface area is 263 Å². The molecule has 1 amide bonds. The van der Waals surface area contributed by atoms with E-state index in [2.05, 4.69) is 35.2 Å². The molecule has 0 aliphatic carbocycles. The lowest BCUT2D eigenvalue weighted by atomic mass is 10.1. The van der Waals surface area contributed by atoms with Crippen LogP contribution in [0.3, 0.4) is 0 Å². The van der Waals surface area contributed by atoms with Crippen LogP contribution in [-0.2, 0) is 0 Å². The first kappa shape index (κ1) is 29.6. The molecule has 0 aliphatic heterocycles. The number of nitrogens with zero attached hydrogens (tertiary/aromatic N) is 4. The minimum Gasteiger partial charge on any atom is -0.493 e. The molecule has 0 bridgehead atoms. The molecule has 0 aliphatic rings. The molecule has 0 saturated carbocycles. The predicted molar refractivity (Wildman–Crippen MR) is 177 cm³/mol. The van der Waals surface area contributed by atoms with Gasteiger partial charge >= 0.3 is 0 Å². The van der Waals surface area contributed by atoms with Crippen LogP contribution in [0.1, 0.15) is 10.4 Å². The molecule has 4 aromatic heterocycles. The molecule has 7 aromatic rings. The van der Waals surface area contributed by atoms with Crippen LogP contribution in [0.5, 0.6) is 17.2 Å². The number of pyridine rings is 2. The van der Waals surface area contributed by atoms with Crippen molar-refractivity contribution in [3.05, 3.63) is 103 Å². The number of H-pyrrole nitrogens is 2. The van der Waals surface area contributed by atoms with Gasteiger partial charge in [0.25, 0.3) is 5.91 Å². The topological polar surface area (TPSA) is 166 Å². The highest BCUT2D eigenvalue weighted by atomic mass is 16.5. The third-order valence-corrected chi connectivity index (χ3v) is 6.97. The van der Waals surface area contributed by atoms with Gasteiger partial charge in [0.05, 0.1) is 49.0 Å². The Morgan fingerprint density at radius 1 is 0.630 bits per heavy atom.